The Morgan fingerprint density at radius 1 is 0.362 bits per heavy atom. The summed E-state index contributed by atoms with van der Waals surface area (Å²) in [4.78, 5) is 2.43. The summed E-state index contributed by atoms with van der Waals surface area (Å²) in [6.45, 7) is 0. The molecule has 2 heteroatoms. The summed E-state index contributed by atoms with van der Waals surface area (Å²) >= 11 is 1.81. The molecular weight excluding hydrogens is 719 g/mol. The van der Waals surface area contributed by atoms with Gasteiger partial charge in [-0.3, -0.25) is 0 Å². The molecule has 1 spiro atoms. The highest BCUT2D eigenvalue weighted by atomic mass is 32.2. The molecule has 12 rings (SSSR count). The van der Waals surface area contributed by atoms with Crippen LogP contribution in [0.3, 0.4) is 0 Å². The molecule has 0 unspecified atom stereocenters. The fourth-order valence-corrected chi connectivity index (χ4v) is 11.3. The molecule has 58 heavy (non-hydrogen) atoms. The van der Waals surface area contributed by atoms with E-state index in [-0.39, 0.29) is 0 Å². The predicted octanol–water partition coefficient (Wildman–Crippen LogP) is 14.8. The van der Waals surface area contributed by atoms with E-state index in [2.05, 4.69) is 200 Å². The second-order valence-electron chi connectivity index (χ2n) is 15.4. The lowest BCUT2D eigenvalue weighted by Gasteiger charge is -2.40. The summed E-state index contributed by atoms with van der Waals surface area (Å²) in [5.74, 6) is 0. The number of rotatable bonds is 3. The highest BCUT2D eigenvalue weighted by molar-refractivity contribution is 7.99. The molecule has 268 valence electrons. The van der Waals surface area contributed by atoms with Crippen LogP contribution in [0.2, 0.25) is 0 Å². The molecule has 10 aromatic rings. The first-order valence-electron chi connectivity index (χ1n) is 19.8. The Balaban J connectivity index is 1.14. The molecule has 0 N–H and O–H groups in total. The number of hydrogen-bond acceptors (Lipinski definition) is 2. The summed E-state index contributed by atoms with van der Waals surface area (Å²) in [6, 6.07) is 75.8. The van der Waals surface area contributed by atoms with Crippen LogP contribution >= 0.6 is 11.8 Å². The summed E-state index contributed by atoms with van der Waals surface area (Å²) in [7, 11) is 0. The van der Waals surface area contributed by atoms with E-state index < -0.39 is 5.41 Å². The Morgan fingerprint density at radius 2 is 0.914 bits per heavy atom. The molecule has 0 atom stereocenters. The van der Waals surface area contributed by atoms with Gasteiger partial charge in [-0.25, -0.2) is 0 Å². The van der Waals surface area contributed by atoms with E-state index in [1.807, 2.05) is 17.8 Å². The van der Waals surface area contributed by atoms with Gasteiger partial charge in [-0.2, -0.15) is 5.26 Å². The van der Waals surface area contributed by atoms with Gasteiger partial charge >= 0.3 is 0 Å². The topological polar surface area (TPSA) is 23.8 Å². The molecule has 10 aromatic carbocycles. The SMILES string of the molecule is N#Cc1ccc2c(c1)C1(c3cc(-c4c5ccccc5c(-c5cccc6cc(-c7ccccc7)ccc56)c5ccccc45)ccc3S2)c2ccccc2-c2ccccc21. The number of hydrogen-bond donors (Lipinski definition) is 0. The van der Waals surface area contributed by atoms with Crippen LogP contribution < -0.4 is 0 Å². The van der Waals surface area contributed by atoms with Gasteiger partial charge in [-0.1, -0.05) is 176 Å². The van der Waals surface area contributed by atoms with Gasteiger partial charge in [0.05, 0.1) is 17.0 Å². The molecule has 0 saturated carbocycles. The van der Waals surface area contributed by atoms with Crippen LogP contribution in [0.15, 0.2) is 210 Å². The Morgan fingerprint density at radius 3 is 1.59 bits per heavy atom. The Labute approximate surface area is 341 Å². The average molecular weight is 752 g/mol. The van der Waals surface area contributed by atoms with Crippen molar-refractivity contribution in [3.05, 3.63) is 228 Å². The molecule has 1 nitrogen and oxygen atoms in total. The smallest absolute Gasteiger partial charge is 0.0991 e. The van der Waals surface area contributed by atoms with Gasteiger partial charge in [0.25, 0.3) is 0 Å². The Kier molecular flexibility index (Phi) is 7.21. The van der Waals surface area contributed by atoms with Crippen molar-refractivity contribution in [2.24, 2.45) is 0 Å². The lowest BCUT2D eigenvalue weighted by molar-refractivity contribution is 0.722. The number of fused-ring (bicyclic) bond motifs is 12. The third-order valence-electron chi connectivity index (χ3n) is 12.5. The minimum atomic E-state index is -0.584. The molecule has 1 heterocycles. The zero-order valence-electron chi connectivity index (χ0n) is 31.4. The average Bonchev–Trinajstić information content (AvgIpc) is 3.58. The minimum absolute atomic E-state index is 0.584. The van der Waals surface area contributed by atoms with Crippen molar-refractivity contribution < 1.29 is 0 Å². The molecule has 0 fully saturated rings. The molecular formula is C56H33NS. The first-order valence-corrected chi connectivity index (χ1v) is 20.6. The highest BCUT2D eigenvalue weighted by Crippen LogP contribution is 2.63. The van der Waals surface area contributed by atoms with Crippen molar-refractivity contribution in [1.82, 2.24) is 0 Å². The maximum Gasteiger partial charge on any atom is 0.0991 e. The van der Waals surface area contributed by atoms with Crippen LogP contribution in [0.1, 0.15) is 27.8 Å². The van der Waals surface area contributed by atoms with Crippen molar-refractivity contribution in [2.75, 3.05) is 0 Å². The second-order valence-corrected chi connectivity index (χ2v) is 16.5. The molecule has 1 aliphatic carbocycles. The van der Waals surface area contributed by atoms with Gasteiger partial charge in [0.15, 0.2) is 0 Å². The van der Waals surface area contributed by atoms with E-state index in [0.717, 1.165) is 0 Å². The van der Waals surface area contributed by atoms with Crippen molar-refractivity contribution in [2.45, 2.75) is 15.2 Å². The predicted molar refractivity (Wildman–Crippen MR) is 241 cm³/mol. The second kappa shape index (κ2) is 12.7. The zero-order chi connectivity index (χ0) is 38.4. The lowest BCUT2D eigenvalue weighted by Crippen LogP contribution is -2.32. The van der Waals surface area contributed by atoms with Gasteiger partial charge in [0.1, 0.15) is 0 Å². The monoisotopic (exact) mass is 751 g/mol. The minimum Gasteiger partial charge on any atom is -0.192 e. The number of benzene rings is 10. The number of nitrogens with zero attached hydrogens (tertiary/aromatic N) is 1. The highest BCUT2D eigenvalue weighted by Gasteiger charge is 2.50. The van der Waals surface area contributed by atoms with E-state index in [4.69, 9.17) is 0 Å². The van der Waals surface area contributed by atoms with Gasteiger partial charge in [0, 0.05) is 9.79 Å². The normalized spacial score (nSPS) is 13.2. The summed E-state index contributed by atoms with van der Waals surface area (Å²) < 4.78 is 0. The molecule has 2 aliphatic rings. The van der Waals surface area contributed by atoms with Crippen molar-refractivity contribution >= 4 is 44.1 Å². The Bertz CT molecular complexity index is 3290. The van der Waals surface area contributed by atoms with Gasteiger partial charge in [0.2, 0.25) is 0 Å². The van der Waals surface area contributed by atoms with Crippen LogP contribution in [0, 0.1) is 11.3 Å². The quantitative estimate of drug-likeness (QED) is 0.168. The zero-order valence-corrected chi connectivity index (χ0v) is 32.2. The summed E-state index contributed by atoms with van der Waals surface area (Å²) in [6.07, 6.45) is 0. The molecule has 0 saturated heterocycles. The van der Waals surface area contributed by atoms with Gasteiger partial charge < -0.3 is 0 Å². The van der Waals surface area contributed by atoms with Gasteiger partial charge in [-0.05, 0) is 135 Å². The molecule has 0 amide bonds. The summed E-state index contributed by atoms with van der Waals surface area (Å²) in [5.41, 5.74) is 14.9. The molecule has 1 aliphatic heterocycles. The van der Waals surface area contributed by atoms with E-state index in [0.29, 0.717) is 5.56 Å². The molecule has 0 bridgehead atoms. The van der Waals surface area contributed by atoms with Crippen LogP contribution in [0.25, 0.3) is 76.8 Å². The molecule has 0 radical (unpaired) electrons. The first kappa shape index (κ1) is 33.0. The maximum atomic E-state index is 10.2. The standard InChI is InChI=1S/C56H33NS/c57-34-35-25-29-52-50(31-35)56(48-23-10-8-16-41(48)42-17-9-11-24-49(42)56)51-33-39(27-30-53(51)58-52)54-44-18-4-6-20-46(44)55(47-21-7-5-19-45(47)54)43-22-12-15-38-32-37(26-28-40(38)43)36-13-2-1-3-14-36/h1-33H. The lowest BCUT2D eigenvalue weighted by atomic mass is 9.66. The van der Waals surface area contributed by atoms with Crippen LogP contribution in [-0.4, -0.2) is 0 Å². The molecule has 0 aromatic heterocycles. The van der Waals surface area contributed by atoms with E-state index in [9.17, 15) is 5.26 Å². The van der Waals surface area contributed by atoms with Crippen molar-refractivity contribution in [1.29, 1.82) is 5.26 Å². The Hall–Kier alpha value is -7.18. The fraction of sp³-hybridized carbons (Fsp3) is 0.0179. The van der Waals surface area contributed by atoms with E-state index >= 15 is 0 Å². The van der Waals surface area contributed by atoms with Crippen LogP contribution in [-0.2, 0) is 5.41 Å². The maximum absolute atomic E-state index is 10.2. The first-order chi connectivity index (χ1) is 28.7. The van der Waals surface area contributed by atoms with Crippen LogP contribution in [0.4, 0.5) is 0 Å². The van der Waals surface area contributed by atoms with Crippen molar-refractivity contribution in [3.63, 3.8) is 0 Å². The van der Waals surface area contributed by atoms with Crippen molar-refractivity contribution in [3.8, 4) is 50.6 Å². The number of nitriles is 1. The van der Waals surface area contributed by atoms with Crippen LogP contribution in [0.5, 0.6) is 0 Å². The third kappa shape index (κ3) is 4.60. The summed E-state index contributed by atoms with van der Waals surface area (Å²) in [5, 5.41) is 17.6. The van der Waals surface area contributed by atoms with E-state index in [1.165, 1.54) is 109 Å². The fourth-order valence-electron chi connectivity index (χ4n) is 10.2. The largest absolute Gasteiger partial charge is 0.192 e. The third-order valence-corrected chi connectivity index (χ3v) is 13.7. The van der Waals surface area contributed by atoms with E-state index in [1.54, 1.807) is 0 Å². The van der Waals surface area contributed by atoms with Gasteiger partial charge in [-0.15, -0.1) is 0 Å².